The van der Waals surface area contributed by atoms with Gasteiger partial charge in [-0.25, -0.2) is 4.79 Å². The summed E-state index contributed by atoms with van der Waals surface area (Å²) < 4.78 is 10.1. The molecule has 13 heavy (non-hydrogen) atoms. The minimum absolute atomic E-state index is 0.0759. The number of hydrogen-bond acceptors (Lipinski definition) is 3. The highest BCUT2D eigenvalue weighted by molar-refractivity contribution is 5.79. The van der Waals surface area contributed by atoms with Gasteiger partial charge in [-0.1, -0.05) is 18.7 Å². The van der Waals surface area contributed by atoms with Crippen molar-refractivity contribution in [1.29, 1.82) is 0 Å². The molecule has 0 amide bonds. The van der Waals surface area contributed by atoms with Gasteiger partial charge in [-0.3, -0.25) is 0 Å². The van der Waals surface area contributed by atoms with Crippen LogP contribution in [0.2, 0.25) is 0 Å². The largest absolute Gasteiger partial charge is 0.482 e. The summed E-state index contributed by atoms with van der Waals surface area (Å²) in [5.41, 5.74) is 0.730. The molecule has 66 valence electrons. The molecule has 1 aliphatic rings. The molecule has 2 rings (SSSR count). The highest BCUT2D eigenvalue weighted by Crippen LogP contribution is 2.27. The summed E-state index contributed by atoms with van der Waals surface area (Å²) in [7, 11) is 0. The second-order valence-electron chi connectivity index (χ2n) is 2.68. The van der Waals surface area contributed by atoms with Crippen molar-refractivity contribution in [2.24, 2.45) is 0 Å². The third-order valence-corrected chi connectivity index (χ3v) is 1.78. The lowest BCUT2D eigenvalue weighted by molar-refractivity contribution is -0.136. The summed E-state index contributed by atoms with van der Waals surface area (Å²) in [5, 5.41) is 0. The van der Waals surface area contributed by atoms with Crippen LogP contribution in [0, 0.1) is 0 Å². The number of esters is 1. The van der Waals surface area contributed by atoms with Gasteiger partial charge in [0.2, 0.25) is 0 Å². The zero-order chi connectivity index (χ0) is 9.26. The van der Waals surface area contributed by atoms with Gasteiger partial charge in [-0.2, -0.15) is 0 Å². The number of fused-ring (bicyclic) bond motifs is 1. The normalized spacial score (nSPS) is 15.4. The van der Waals surface area contributed by atoms with Gasteiger partial charge in [0.1, 0.15) is 11.5 Å². The summed E-state index contributed by atoms with van der Waals surface area (Å²) in [6.45, 7) is 3.62. The minimum Gasteiger partial charge on any atom is -0.482 e. The molecule has 1 heterocycles. The highest BCUT2D eigenvalue weighted by atomic mass is 16.6. The molecule has 0 aromatic heterocycles. The van der Waals surface area contributed by atoms with Crippen LogP contribution in [0.1, 0.15) is 5.56 Å². The first-order chi connectivity index (χ1) is 6.27. The Bertz CT molecular complexity index is 368. The van der Waals surface area contributed by atoms with Gasteiger partial charge in [-0.05, 0) is 12.1 Å². The van der Waals surface area contributed by atoms with Crippen molar-refractivity contribution in [3.8, 4) is 5.75 Å². The minimum atomic E-state index is -0.397. The number of rotatable bonds is 0. The molecule has 0 bridgehead atoms. The quantitative estimate of drug-likeness (QED) is 0.445. The number of hydrogen-bond donors (Lipinski definition) is 0. The molecule has 1 aromatic carbocycles. The summed E-state index contributed by atoms with van der Waals surface area (Å²) in [6, 6.07) is 7.15. The van der Waals surface area contributed by atoms with E-state index in [2.05, 4.69) is 6.58 Å². The highest BCUT2D eigenvalue weighted by Gasteiger charge is 2.17. The van der Waals surface area contributed by atoms with Gasteiger partial charge < -0.3 is 9.47 Å². The van der Waals surface area contributed by atoms with Crippen molar-refractivity contribution in [1.82, 2.24) is 0 Å². The second-order valence-corrected chi connectivity index (χ2v) is 2.68. The fourth-order valence-corrected chi connectivity index (χ4v) is 1.16. The van der Waals surface area contributed by atoms with E-state index in [0.717, 1.165) is 5.56 Å². The number of carbonyl (C=O) groups is 1. The number of carbonyl (C=O) groups excluding carboxylic acids is 1. The Kier molecular flexibility index (Phi) is 1.77. The van der Waals surface area contributed by atoms with Gasteiger partial charge in [0.25, 0.3) is 0 Å². The average Bonchev–Trinajstić information content (AvgIpc) is 2.27. The zero-order valence-corrected chi connectivity index (χ0v) is 6.95. The summed E-state index contributed by atoms with van der Waals surface area (Å²) in [6.07, 6.45) is 0. The molecule has 0 saturated heterocycles. The Balaban J connectivity index is 2.49. The van der Waals surface area contributed by atoms with E-state index in [0.29, 0.717) is 11.5 Å². The third kappa shape index (κ3) is 1.40. The third-order valence-electron chi connectivity index (χ3n) is 1.78. The predicted octanol–water partition coefficient (Wildman–Crippen LogP) is 1.59. The van der Waals surface area contributed by atoms with Crippen LogP contribution in [-0.4, -0.2) is 12.6 Å². The van der Waals surface area contributed by atoms with E-state index in [4.69, 9.17) is 9.47 Å². The molecule has 0 aliphatic carbocycles. The van der Waals surface area contributed by atoms with Gasteiger partial charge in [-0.15, -0.1) is 0 Å². The smallest absolute Gasteiger partial charge is 0.349 e. The fraction of sp³-hybridized carbons (Fsp3) is 0.100. The van der Waals surface area contributed by atoms with Crippen LogP contribution in [0.4, 0.5) is 0 Å². The summed E-state index contributed by atoms with van der Waals surface area (Å²) in [4.78, 5) is 11.0. The number of ether oxygens (including phenoxy) is 2. The Hall–Kier alpha value is -1.77. The monoisotopic (exact) mass is 176 g/mol. The maximum absolute atomic E-state index is 11.0. The Labute approximate surface area is 75.6 Å². The number of benzene rings is 1. The van der Waals surface area contributed by atoms with E-state index in [1.165, 1.54) is 0 Å². The van der Waals surface area contributed by atoms with E-state index in [1.807, 2.05) is 6.07 Å². The topological polar surface area (TPSA) is 35.5 Å². The van der Waals surface area contributed by atoms with Crippen molar-refractivity contribution < 1.29 is 14.3 Å². The first kappa shape index (κ1) is 7.86. The van der Waals surface area contributed by atoms with Crippen LogP contribution >= 0.6 is 0 Å². The van der Waals surface area contributed by atoms with Crippen molar-refractivity contribution in [2.45, 2.75) is 0 Å². The SMILES string of the molecule is C=C1OCC(=O)Oc2ccccc21. The lowest BCUT2D eigenvalue weighted by atomic mass is 10.2. The molecular weight excluding hydrogens is 168 g/mol. The number of para-hydroxylation sites is 1. The van der Waals surface area contributed by atoms with Crippen LogP contribution in [0.3, 0.4) is 0 Å². The van der Waals surface area contributed by atoms with E-state index in [-0.39, 0.29) is 6.61 Å². The van der Waals surface area contributed by atoms with E-state index in [1.54, 1.807) is 18.2 Å². The molecule has 1 aliphatic heterocycles. The second kappa shape index (κ2) is 2.94. The lowest BCUT2D eigenvalue weighted by Gasteiger charge is -2.03. The fourth-order valence-electron chi connectivity index (χ4n) is 1.16. The molecule has 0 unspecified atom stereocenters. The molecule has 0 saturated carbocycles. The van der Waals surface area contributed by atoms with Gasteiger partial charge in [0.15, 0.2) is 6.61 Å². The Morgan fingerprint density at radius 3 is 2.92 bits per heavy atom. The molecule has 0 spiro atoms. The van der Waals surface area contributed by atoms with Gasteiger partial charge in [0, 0.05) is 0 Å². The maximum atomic E-state index is 11.0. The summed E-state index contributed by atoms with van der Waals surface area (Å²) in [5.74, 6) is 0.586. The Morgan fingerprint density at radius 2 is 2.08 bits per heavy atom. The van der Waals surface area contributed by atoms with E-state index in [9.17, 15) is 4.79 Å². The molecule has 1 aromatic rings. The van der Waals surface area contributed by atoms with Crippen LogP contribution in [0.25, 0.3) is 5.76 Å². The molecule has 0 radical (unpaired) electrons. The standard InChI is InChI=1S/C10H8O3/c1-7-8-4-2-3-5-9(8)13-10(11)6-12-7/h2-5H,1,6H2. The van der Waals surface area contributed by atoms with Gasteiger partial charge in [0.05, 0.1) is 5.56 Å². The summed E-state index contributed by atoms with van der Waals surface area (Å²) >= 11 is 0. The predicted molar refractivity (Wildman–Crippen MR) is 47.1 cm³/mol. The molecule has 3 nitrogen and oxygen atoms in total. The zero-order valence-electron chi connectivity index (χ0n) is 6.95. The van der Waals surface area contributed by atoms with Crippen molar-refractivity contribution in [3.05, 3.63) is 36.4 Å². The van der Waals surface area contributed by atoms with Crippen LogP contribution in [0.15, 0.2) is 30.8 Å². The first-order valence-electron chi connectivity index (χ1n) is 3.89. The lowest BCUT2D eigenvalue weighted by Crippen LogP contribution is -2.11. The Morgan fingerprint density at radius 1 is 1.31 bits per heavy atom. The average molecular weight is 176 g/mol. The van der Waals surface area contributed by atoms with Crippen LogP contribution in [-0.2, 0) is 9.53 Å². The molecular formula is C10H8O3. The molecule has 3 heteroatoms. The van der Waals surface area contributed by atoms with Crippen LogP contribution in [0.5, 0.6) is 5.75 Å². The maximum Gasteiger partial charge on any atom is 0.349 e. The molecule has 0 N–H and O–H groups in total. The molecule has 0 atom stereocenters. The van der Waals surface area contributed by atoms with Gasteiger partial charge >= 0.3 is 5.97 Å². The van der Waals surface area contributed by atoms with Crippen molar-refractivity contribution in [2.75, 3.05) is 6.61 Å². The van der Waals surface area contributed by atoms with Crippen molar-refractivity contribution >= 4 is 11.7 Å². The van der Waals surface area contributed by atoms with E-state index < -0.39 is 5.97 Å². The van der Waals surface area contributed by atoms with Crippen molar-refractivity contribution in [3.63, 3.8) is 0 Å². The van der Waals surface area contributed by atoms with Crippen LogP contribution < -0.4 is 4.74 Å². The first-order valence-corrected chi connectivity index (χ1v) is 3.89. The molecule has 0 fully saturated rings. The van der Waals surface area contributed by atoms with E-state index >= 15 is 0 Å².